The van der Waals surface area contributed by atoms with Crippen LogP contribution in [-0.4, -0.2) is 0 Å². The average Bonchev–Trinajstić information content (AvgIpc) is 2.38. The van der Waals surface area contributed by atoms with E-state index in [-0.39, 0.29) is 0 Å². The number of rotatable bonds is 1. The van der Waals surface area contributed by atoms with Crippen LogP contribution < -0.4 is 4.16 Å². The first-order valence-electron chi connectivity index (χ1n) is 4.69. The number of fused-ring (bicyclic) bond motifs is 1. The van der Waals surface area contributed by atoms with Crippen LogP contribution in [0.25, 0.3) is 10.8 Å². The van der Waals surface area contributed by atoms with Crippen LogP contribution in [0, 0.1) is 40.7 Å². The Kier molecular flexibility index (Phi) is 3.88. The monoisotopic (exact) mass is 396 g/mol. The molecular formula is C10BrF7Zn. The van der Waals surface area contributed by atoms with Gasteiger partial charge in [0.15, 0.2) is 0 Å². The second kappa shape index (κ2) is 5.01. The summed E-state index contributed by atoms with van der Waals surface area (Å²) in [7, 11) is 0. The van der Waals surface area contributed by atoms with E-state index in [9.17, 15) is 30.7 Å². The standard InChI is InChI=1S/C10F7.BrH.Zn/c11-2-1-3(12)6(13)5-4(2)7(14)9(16)10(17)8(5)15;;/h;1H;/q;;+1/p-1. The Morgan fingerprint density at radius 2 is 0.895 bits per heavy atom. The molecule has 2 rings (SSSR count). The van der Waals surface area contributed by atoms with Crippen molar-refractivity contribution in [3.05, 3.63) is 40.7 Å². The Morgan fingerprint density at radius 3 is 1.32 bits per heavy atom. The van der Waals surface area contributed by atoms with Crippen LogP contribution in [0.4, 0.5) is 30.7 Å². The fourth-order valence-electron chi connectivity index (χ4n) is 1.65. The molecule has 0 nitrogen and oxygen atoms in total. The fourth-order valence-corrected chi connectivity index (χ4v) is 5.40. The molecule has 2 aromatic carbocycles. The van der Waals surface area contributed by atoms with E-state index in [4.69, 9.17) is 0 Å². The van der Waals surface area contributed by atoms with E-state index in [0.29, 0.717) is 0 Å². The Balaban J connectivity index is 3.18. The zero-order valence-corrected chi connectivity index (χ0v) is 13.3. The number of hydrogen-bond donors (Lipinski definition) is 0. The molecule has 0 aliphatic carbocycles. The van der Waals surface area contributed by atoms with E-state index in [0.717, 1.165) is 0 Å². The quantitative estimate of drug-likeness (QED) is 0.297. The van der Waals surface area contributed by atoms with E-state index in [2.05, 4.69) is 13.6 Å². The first-order valence-corrected chi connectivity index (χ1v) is 13.1. The van der Waals surface area contributed by atoms with Gasteiger partial charge in [-0.1, -0.05) is 0 Å². The molecule has 0 aromatic heterocycles. The van der Waals surface area contributed by atoms with Gasteiger partial charge in [0, 0.05) is 0 Å². The van der Waals surface area contributed by atoms with E-state index < -0.39 is 70.8 Å². The summed E-state index contributed by atoms with van der Waals surface area (Å²) < 4.78 is 92.7. The summed E-state index contributed by atoms with van der Waals surface area (Å²) in [5, 5.41) is -2.99. The Morgan fingerprint density at radius 1 is 0.526 bits per heavy atom. The summed E-state index contributed by atoms with van der Waals surface area (Å²) >= 11 is 0.565. The second-order valence-electron chi connectivity index (χ2n) is 3.56. The summed E-state index contributed by atoms with van der Waals surface area (Å²) in [6.07, 6.45) is 0. The molecule has 0 fully saturated rings. The van der Waals surface area contributed by atoms with Gasteiger partial charge in [-0.25, -0.2) is 0 Å². The Hall–Kier alpha value is -0.687. The topological polar surface area (TPSA) is 0 Å². The molecule has 19 heavy (non-hydrogen) atoms. The van der Waals surface area contributed by atoms with Crippen molar-refractivity contribution in [2.45, 2.75) is 0 Å². The summed E-state index contributed by atoms with van der Waals surface area (Å²) in [6, 6.07) is 0. The summed E-state index contributed by atoms with van der Waals surface area (Å²) in [5.74, 6) is -14.1. The van der Waals surface area contributed by atoms with Crippen LogP contribution in [0.2, 0.25) is 0 Å². The van der Waals surface area contributed by atoms with Crippen molar-refractivity contribution >= 4 is 28.6 Å². The van der Waals surface area contributed by atoms with Crippen molar-refractivity contribution in [2.24, 2.45) is 0 Å². The van der Waals surface area contributed by atoms with Gasteiger partial charge in [-0.05, 0) is 0 Å². The molecule has 2 aromatic rings. The zero-order valence-electron chi connectivity index (χ0n) is 8.73. The van der Waals surface area contributed by atoms with Crippen LogP contribution >= 0.6 is 13.6 Å². The van der Waals surface area contributed by atoms with Crippen molar-refractivity contribution in [2.75, 3.05) is 0 Å². The predicted molar refractivity (Wildman–Crippen MR) is 52.2 cm³/mol. The number of benzene rings is 2. The van der Waals surface area contributed by atoms with Crippen LogP contribution in [-0.2, 0) is 15.2 Å². The predicted octanol–water partition coefficient (Wildman–Crippen LogP) is 3.83. The molecular weight excluding hydrogens is 398 g/mol. The molecule has 0 radical (unpaired) electrons. The zero-order chi connectivity index (χ0) is 14.5. The molecule has 0 spiro atoms. The normalized spacial score (nSPS) is 10.9. The number of hydrogen-bond acceptors (Lipinski definition) is 0. The van der Waals surface area contributed by atoms with E-state index in [1.54, 1.807) is 0 Å². The molecule has 0 amide bonds. The van der Waals surface area contributed by atoms with Crippen LogP contribution in [0.3, 0.4) is 0 Å². The first kappa shape index (κ1) is 14.7. The molecule has 0 N–H and O–H groups in total. The van der Waals surface area contributed by atoms with Gasteiger partial charge >= 0.3 is 115 Å². The third-order valence-electron chi connectivity index (χ3n) is 2.56. The molecule has 0 unspecified atom stereocenters. The van der Waals surface area contributed by atoms with Crippen molar-refractivity contribution in [3.8, 4) is 0 Å². The summed E-state index contributed by atoms with van der Waals surface area (Å²) in [6.45, 7) is 0. The van der Waals surface area contributed by atoms with Gasteiger partial charge in [-0.3, -0.25) is 0 Å². The Bertz CT molecular complexity index is 701. The maximum atomic E-state index is 13.8. The first-order chi connectivity index (χ1) is 8.82. The molecule has 0 saturated heterocycles. The maximum absolute atomic E-state index is 13.8. The molecule has 0 saturated carbocycles. The minimum atomic E-state index is -2.32. The van der Waals surface area contributed by atoms with Gasteiger partial charge < -0.3 is 0 Å². The molecule has 98 valence electrons. The summed E-state index contributed by atoms with van der Waals surface area (Å²) in [4.78, 5) is 0. The molecule has 0 heterocycles. The van der Waals surface area contributed by atoms with E-state index >= 15 is 0 Å². The van der Waals surface area contributed by atoms with Crippen molar-refractivity contribution in [1.82, 2.24) is 0 Å². The molecule has 0 atom stereocenters. The fraction of sp³-hybridized carbons (Fsp3) is 0. The van der Waals surface area contributed by atoms with Crippen LogP contribution in [0.1, 0.15) is 0 Å². The van der Waals surface area contributed by atoms with Gasteiger partial charge in [0.1, 0.15) is 0 Å². The van der Waals surface area contributed by atoms with Gasteiger partial charge in [-0.15, -0.1) is 0 Å². The SMILES string of the molecule is Fc1c(F)c(F)c2c(F)[c]([Zn][Br])c(F)c(F)c2c1F. The van der Waals surface area contributed by atoms with E-state index in [1.165, 1.54) is 0 Å². The summed E-state index contributed by atoms with van der Waals surface area (Å²) in [5.41, 5.74) is 0. The number of halogens is 8. The average molecular weight is 398 g/mol. The second-order valence-corrected chi connectivity index (χ2v) is 8.52. The molecule has 9 heteroatoms. The van der Waals surface area contributed by atoms with Crippen molar-refractivity contribution in [1.29, 1.82) is 0 Å². The van der Waals surface area contributed by atoms with Crippen molar-refractivity contribution in [3.63, 3.8) is 0 Å². The third kappa shape index (κ3) is 1.98. The minimum absolute atomic E-state index is 0.762. The van der Waals surface area contributed by atoms with Gasteiger partial charge in [0.2, 0.25) is 0 Å². The van der Waals surface area contributed by atoms with Gasteiger partial charge in [0.25, 0.3) is 0 Å². The Labute approximate surface area is 115 Å². The van der Waals surface area contributed by atoms with Crippen LogP contribution in [0.5, 0.6) is 0 Å². The molecule has 0 bridgehead atoms. The van der Waals surface area contributed by atoms with Crippen LogP contribution in [0.15, 0.2) is 0 Å². The molecule has 0 aliphatic rings. The van der Waals surface area contributed by atoms with Gasteiger partial charge in [0.05, 0.1) is 0 Å². The third-order valence-corrected chi connectivity index (χ3v) is 7.34. The van der Waals surface area contributed by atoms with Crippen molar-refractivity contribution < 1.29 is 45.9 Å². The van der Waals surface area contributed by atoms with Gasteiger partial charge in [-0.2, -0.15) is 0 Å². The van der Waals surface area contributed by atoms with E-state index in [1.807, 2.05) is 0 Å². The molecule has 0 aliphatic heterocycles.